The zero-order chi connectivity index (χ0) is 13.8. The molecule has 2 rings (SSSR count). The van der Waals surface area contributed by atoms with Crippen molar-refractivity contribution in [2.75, 3.05) is 26.3 Å². The highest BCUT2D eigenvalue weighted by molar-refractivity contribution is 5.78. The lowest BCUT2D eigenvalue weighted by Crippen LogP contribution is -2.40. The molecule has 1 saturated heterocycles. The lowest BCUT2D eigenvalue weighted by molar-refractivity contribution is -0.135. The molecule has 2 heterocycles. The highest BCUT2D eigenvalue weighted by Gasteiger charge is 2.18. The van der Waals surface area contributed by atoms with E-state index in [1.54, 1.807) is 0 Å². The summed E-state index contributed by atoms with van der Waals surface area (Å²) in [6, 6.07) is 0. The smallest absolute Gasteiger partial charge is 0.223 e. The van der Waals surface area contributed by atoms with Gasteiger partial charge < -0.3 is 14.6 Å². The summed E-state index contributed by atoms with van der Waals surface area (Å²) in [5, 5.41) is 0. The Morgan fingerprint density at radius 2 is 2.05 bits per heavy atom. The van der Waals surface area contributed by atoms with Crippen LogP contribution < -0.4 is 0 Å². The van der Waals surface area contributed by atoms with Crippen molar-refractivity contribution < 1.29 is 14.3 Å². The van der Waals surface area contributed by atoms with Crippen LogP contribution in [0.5, 0.6) is 0 Å². The number of carbonyl (C=O) groups excluding carboxylic acids is 2. The van der Waals surface area contributed by atoms with Crippen LogP contribution in [0.2, 0.25) is 0 Å². The van der Waals surface area contributed by atoms with E-state index in [0.29, 0.717) is 44.8 Å². The van der Waals surface area contributed by atoms with E-state index < -0.39 is 0 Å². The molecule has 1 aromatic heterocycles. The molecule has 0 atom stereocenters. The van der Waals surface area contributed by atoms with Gasteiger partial charge >= 0.3 is 0 Å². The molecule has 0 bridgehead atoms. The monoisotopic (exact) mass is 264 g/mol. The van der Waals surface area contributed by atoms with Gasteiger partial charge in [-0.05, 0) is 31.4 Å². The number of aromatic nitrogens is 1. The Morgan fingerprint density at radius 3 is 2.63 bits per heavy atom. The third kappa shape index (κ3) is 3.04. The Bertz CT molecular complexity index is 473. The fraction of sp³-hybridized carbons (Fsp3) is 0.571. The van der Waals surface area contributed by atoms with Crippen LogP contribution in [0.4, 0.5) is 0 Å². The van der Waals surface area contributed by atoms with Gasteiger partial charge in [-0.1, -0.05) is 0 Å². The first-order valence-electron chi connectivity index (χ1n) is 6.62. The molecule has 5 heteroatoms. The standard InChI is InChI=1S/C14H20N2O3/c1-10-12(11(2)15-13(10)9-17)3-4-14(18)16-5-7-19-8-6-16/h9,15H,3-8H2,1-2H3. The largest absolute Gasteiger partial charge is 0.378 e. The molecule has 1 fully saturated rings. The normalized spacial score (nSPS) is 15.6. The van der Waals surface area contributed by atoms with Crippen molar-refractivity contribution in [3.05, 3.63) is 22.5 Å². The van der Waals surface area contributed by atoms with Gasteiger partial charge in [0, 0.05) is 25.2 Å². The van der Waals surface area contributed by atoms with E-state index in [1.807, 2.05) is 18.7 Å². The first-order valence-corrected chi connectivity index (χ1v) is 6.62. The second-order valence-corrected chi connectivity index (χ2v) is 4.88. The number of amides is 1. The van der Waals surface area contributed by atoms with E-state index in [0.717, 1.165) is 23.1 Å². The van der Waals surface area contributed by atoms with E-state index in [-0.39, 0.29) is 5.91 Å². The van der Waals surface area contributed by atoms with Crippen molar-refractivity contribution in [2.24, 2.45) is 0 Å². The summed E-state index contributed by atoms with van der Waals surface area (Å²) in [6.45, 7) is 6.48. The molecule has 0 radical (unpaired) electrons. The number of ether oxygens (including phenoxy) is 1. The lowest BCUT2D eigenvalue weighted by atomic mass is 10.0. The molecule has 0 unspecified atom stereocenters. The SMILES string of the molecule is Cc1[nH]c(C=O)c(C)c1CCC(=O)N1CCOCC1. The van der Waals surface area contributed by atoms with Crippen LogP contribution in [-0.2, 0) is 16.0 Å². The molecule has 1 N–H and O–H groups in total. The molecule has 0 aromatic carbocycles. The highest BCUT2D eigenvalue weighted by atomic mass is 16.5. The third-order valence-electron chi connectivity index (χ3n) is 3.70. The quantitative estimate of drug-likeness (QED) is 0.832. The highest BCUT2D eigenvalue weighted by Crippen LogP contribution is 2.18. The minimum Gasteiger partial charge on any atom is -0.378 e. The first-order chi connectivity index (χ1) is 9.13. The topological polar surface area (TPSA) is 62.4 Å². The van der Waals surface area contributed by atoms with Gasteiger partial charge in [0.1, 0.15) is 0 Å². The summed E-state index contributed by atoms with van der Waals surface area (Å²) in [5.74, 6) is 0.163. The molecule has 1 aliphatic heterocycles. The van der Waals surface area contributed by atoms with E-state index in [9.17, 15) is 9.59 Å². The minimum atomic E-state index is 0.163. The number of aromatic amines is 1. The van der Waals surface area contributed by atoms with Crippen LogP contribution >= 0.6 is 0 Å². The molecule has 19 heavy (non-hydrogen) atoms. The van der Waals surface area contributed by atoms with Gasteiger partial charge in [0.05, 0.1) is 18.9 Å². The number of nitrogens with zero attached hydrogens (tertiary/aromatic N) is 1. The van der Waals surface area contributed by atoms with Gasteiger partial charge in [-0.25, -0.2) is 0 Å². The van der Waals surface area contributed by atoms with Gasteiger partial charge in [-0.3, -0.25) is 9.59 Å². The van der Waals surface area contributed by atoms with Gasteiger partial charge in [0.2, 0.25) is 5.91 Å². The van der Waals surface area contributed by atoms with Crippen LogP contribution in [0.25, 0.3) is 0 Å². The average Bonchev–Trinajstić information content (AvgIpc) is 2.72. The molecule has 1 aliphatic rings. The maximum absolute atomic E-state index is 12.1. The number of nitrogens with one attached hydrogen (secondary N) is 1. The third-order valence-corrected chi connectivity index (χ3v) is 3.70. The summed E-state index contributed by atoms with van der Waals surface area (Å²) >= 11 is 0. The number of hydrogen-bond donors (Lipinski definition) is 1. The molecular weight excluding hydrogens is 244 g/mol. The number of carbonyl (C=O) groups is 2. The number of hydrogen-bond acceptors (Lipinski definition) is 3. The van der Waals surface area contributed by atoms with Gasteiger partial charge in [-0.2, -0.15) is 0 Å². The maximum Gasteiger partial charge on any atom is 0.223 e. The van der Waals surface area contributed by atoms with Crippen LogP contribution in [0, 0.1) is 13.8 Å². The summed E-state index contributed by atoms with van der Waals surface area (Å²) in [7, 11) is 0. The number of H-pyrrole nitrogens is 1. The Kier molecular flexibility index (Phi) is 4.37. The number of aryl methyl sites for hydroxylation is 1. The molecule has 0 aliphatic carbocycles. The fourth-order valence-electron chi connectivity index (χ4n) is 2.51. The molecule has 0 saturated carbocycles. The van der Waals surface area contributed by atoms with Crippen LogP contribution in [-0.4, -0.2) is 48.4 Å². The van der Waals surface area contributed by atoms with E-state index >= 15 is 0 Å². The zero-order valence-corrected chi connectivity index (χ0v) is 11.5. The summed E-state index contributed by atoms with van der Waals surface area (Å²) in [4.78, 5) is 27.8. The second kappa shape index (κ2) is 6.02. The Morgan fingerprint density at radius 1 is 1.37 bits per heavy atom. The minimum absolute atomic E-state index is 0.163. The first kappa shape index (κ1) is 13.8. The molecule has 1 amide bonds. The summed E-state index contributed by atoms with van der Waals surface area (Å²) < 4.78 is 5.23. The predicted octanol–water partition coefficient (Wildman–Crippen LogP) is 1.24. The Balaban J connectivity index is 1.96. The zero-order valence-electron chi connectivity index (χ0n) is 11.5. The molecule has 5 nitrogen and oxygen atoms in total. The average molecular weight is 264 g/mol. The van der Waals surface area contributed by atoms with Crippen molar-refractivity contribution >= 4 is 12.2 Å². The van der Waals surface area contributed by atoms with Gasteiger partial charge in [0.25, 0.3) is 0 Å². The molecular formula is C14H20N2O3. The van der Waals surface area contributed by atoms with Gasteiger partial charge in [-0.15, -0.1) is 0 Å². The maximum atomic E-state index is 12.1. The molecule has 0 spiro atoms. The summed E-state index contributed by atoms with van der Waals surface area (Å²) in [6.07, 6.45) is 1.99. The van der Waals surface area contributed by atoms with E-state index in [4.69, 9.17) is 4.74 Å². The van der Waals surface area contributed by atoms with Crippen LogP contribution in [0.15, 0.2) is 0 Å². The molecule has 1 aromatic rings. The Labute approximate surface area is 112 Å². The van der Waals surface area contributed by atoms with Gasteiger partial charge in [0.15, 0.2) is 6.29 Å². The number of aldehydes is 1. The van der Waals surface area contributed by atoms with E-state index in [1.165, 1.54) is 0 Å². The lowest BCUT2D eigenvalue weighted by Gasteiger charge is -2.26. The summed E-state index contributed by atoms with van der Waals surface area (Å²) in [5.41, 5.74) is 3.65. The van der Waals surface area contributed by atoms with Crippen molar-refractivity contribution in [3.63, 3.8) is 0 Å². The van der Waals surface area contributed by atoms with Crippen molar-refractivity contribution in [3.8, 4) is 0 Å². The van der Waals surface area contributed by atoms with Crippen LogP contribution in [0.1, 0.15) is 33.7 Å². The van der Waals surface area contributed by atoms with Crippen molar-refractivity contribution in [2.45, 2.75) is 26.7 Å². The van der Waals surface area contributed by atoms with Crippen LogP contribution in [0.3, 0.4) is 0 Å². The molecule has 104 valence electrons. The van der Waals surface area contributed by atoms with E-state index in [2.05, 4.69) is 4.98 Å². The fourth-order valence-corrected chi connectivity index (χ4v) is 2.51. The predicted molar refractivity (Wildman–Crippen MR) is 71.4 cm³/mol. The Hall–Kier alpha value is -1.62. The number of rotatable bonds is 4. The van der Waals surface area contributed by atoms with Crippen molar-refractivity contribution in [1.82, 2.24) is 9.88 Å². The van der Waals surface area contributed by atoms with Crippen molar-refractivity contribution in [1.29, 1.82) is 0 Å². The second-order valence-electron chi connectivity index (χ2n) is 4.88. The number of morpholine rings is 1.